The first-order chi connectivity index (χ1) is 20.3. The third-order valence-corrected chi connectivity index (χ3v) is 7.10. The third kappa shape index (κ3) is 6.19. The molecule has 0 aromatic heterocycles. The Balaban J connectivity index is 1.98. The molecule has 1 amide bonds. The molecule has 0 N–H and O–H groups in total. The molecule has 0 fully saturated rings. The Morgan fingerprint density at radius 1 is 0.881 bits per heavy atom. The number of esters is 1. The quantitative estimate of drug-likeness (QED) is 0.270. The van der Waals surface area contributed by atoms with Crippen LogP contribution in [-0.2, 0) is 25.6 Å². The van der Waals surface area contributed by atoms with Crippen molar-refractivity contribution in [2.75, 3.05) is 47.1 Å². The summed E-state index contributed by atoms with van der Waals surface area (Å²) in [6.45, 7) is 1.91. The SMILES string of the molecule is CCOC(=O)CC1OC(c2cccc(OC)c2OC)c2cc(Cl)cc(OC)c2N(Cc2ccc(OC)cc2OC)C1=O. The van der Waals surface area contributed by atoms with Gasteiger partial charge in [-0.1, -0.05) is 23.7 Å². The monoisotopic (exact) mass is 599 g/mol. The van der Waals surface area contributed by atoms with Crippen molar-refractivity contribution in [3.8, 4) is 28.7 Å². The van der Waals surface area contributed by atoms with Gasteiger partial charge in [0.1, 0.15) is 29.5 Å². The number of hydrogen-bond acceptors (Lipinski definition) is 9. The fraction of sp³-hybridized carbons (Fsp3) is 0.355. The number of amides is 1. The molecule has 1 aliphatic heterocycles. The van der Waals surface area contributed by atoms with E-state index in [1.165, 1.54) is 33.3 Å². The third-order valence-electron chi connectivity index (χ3n) is 6.88. The molecule has 0 saturated carbocycles. The standard InChI is InChI=1S/C31H34ClNO9/c1-7-41-27(34)16-26-31(35)33(17-18-11-12-20(36-2)15-24(18)38-4)28-22(13-19(32)14-25(28)39-5)29(42-26)21-9-8-10-23(37-3)30(21)40-6/h8-15,26,29H,7,16-17H2,1-6H3. The van der Waals surface area contributed by atoms with E-state index in [1.807, 2.05) is 6.07 Å². The van der Waals surface area contributed by atoms with Gasteiger partial charge in [-0.15, -0.1) is 0 Å². The van der Waals surface area contributed by atoms with Crippen LogP contribution in [-0.4, -0.2) is 60.1 Å². The maximum absolute atomic E-state index is 14.4. The van der Waals surface area contributed by atoms with Crippen molar-refractivity contribution in [2.24, 2.45) is 0 Å². The maximum Gasteiger partial charge on any atom is 0.308 e. The molecule has 2 unspecified atom stereocenters. The highest BCUT2D eigenvalue weighted by Gasteiger charge is 2.41. The minimum Gasteiger partial charge on any atom is -0.497 e. The summed E-state index contributed by atoms with van der Waals surface area (Å²) in [4.78, 5) is 28.6. The molecule has 2 atom stereocenters. The number of methoxy groups -OCH3 is 5. The van der Waals surface area contributed by atoms with Gasteiger partial charge >= 0.3 is 5.97 Å². The first-order valence-electron chi connectivity index (χ1n) is 13.2. The molecular formula is C31H34ClNO9. The summed E-state index contributed by atoms with van der Waals surface area (Å²) in [5, 5.41) is 0.360. The van der Waals surface area contributed by atoms with Crippen molar-refractivity contribution in [3.05, 3.63) is 70.2 Å². The summed E-state index contributed by atoms with van der Waals surface area (Å²) in [5.74, 6) is 1.25. The fourth-order valence-electron chi connectivity index (χ4n) is 4.99. The molecule has 0 bridgehead atoms. The van der Waals surface area contributed by atoms with Gasteiger partial charge in [-0.2, -0.15) is 0 Å². The van der Waals surface area contributed by atoms with Crippen LogP contribution in [0.15, 0.2) is 48.5 Å². The van der Waals surface area contributed by atoms with Crippen LogP contribution < -0.4 is 28.6 Å². The Morgan fingerprint density at radius 3 is 2.26 bits per heavy atom. The Bertz CT molecular complexity index is 1440. The Morgan fingerprint density at radius 2 is 1.62 bits per heavy atom. The molecule has 224 valence electrons. The minimum atomic E-state index is -1.23. The van der Waals surface area contributed by atoms with Gasteiger partial charge < -0.3 is 38.1 Å². The second-order valence-corrected chi connectivity index (χ2v) is 9.68. The van der Waals surface area contributed by atoms with E-state index >= 15 is 0 Å². The predicted molar refractivity (Wildman–Crippen MR) is 156 cm³/mol. The molecular weight excluding hydrogens is 566 g/mol. The average Bonchev–Trinajstić information content (AvgIpc) is 3.10. The highest BCUT2D eigenvalue weighted by Crippen LogP contribution is 2.49. The zero-order chi connectivity index (χ0) is 30.4. The molecule has 11 heteroatoms. The lowest BCUT2D eigenvalue weighted by molar-refractivity contribution is -0.151. The molecule has 3 aromatic rings. The first kappa shape index (κ1) is 30.8. The Labute approximate surface area is 249 Å². The zero-order valence-corrected chi connectivity index (χ0v) is 25.2. The lowest BCUT2D eigenvalue weighted by Gasteiger charge is -2.27. The molecule has 42 heavy (non-hydrogen) atoms. The van der Waals surface area contributed by atoms with Crippen LogP contribution in [0.25, 0.3) is 0 Å². The van der Waals surface area contributed by atoms with Crippen molar-refractivity contribution in [2.45, 2.75) is 32.1 Å². The number of nitrogens with zero attached hydrogens (tertiary/aromatic N) is 1. The lowest BCUT2D eigenvalue weighted by atomic mass is 9.97. The van der Waals surface area contributed by atoms with E-state index in [-0.39, 0.29) is 19.6 Å². The molecule has 10 nitrogen and oxygen atoms in total. The highest BCUT2D eigenvalue weighted by atomic mass is 35.5. The number of hydrogen-bond donors (Lipinski definition) is 0. The number of carbonyl (C=O) groups excluding carboxylic acids is 2. The number of anilines is 1. The van der Waals surface area contributed by atoms with Gasteiger partial charge in [0, 0.05) is 33.8 Å². The normalized spacial score (nSPS) is 16.3. The van der Waals surface area contributed by atoms with Crippen LogP contribution in [0.5, 0.6) is 28.7 Å². The van der Waals surface area contributed by atoms with E-state index in [1.54, 1.807) is 56.5 Å². The summed E-state index contributed by atoms with van der Waals surface area (Å²) in [5.41, 5.74) is 2.19. The molecule has 3 aromatic carbocycles. The van der Waals surface area contributed by atoms with Gasteiger partial charge in [0.25, 0.3) is 5.91 Å². The van der Waals surface area contributed by atoms with Crippen molar-refractivity contribution < 1.29 is 42.7 Å². The van der Waals surface area contributed by atoms with Crippen LogP contribution >= 0.6 is 11.6 Å². The van der Waals surface area contributed by atoms with E-state index in [2.05, 4.69) is 0 Å². The number of carbonyl (C=O) groups is 2. The van der Waals surface area contributed by atoms with E-state index in [0.717, 1.165) is 0 Å². The van der Waals surface area contributed by atoms with E-state index in [4.69, 9.17) is 44.8 Å². The van der Waals surface area contributed by atoms with Crippen LogP contribution in [0, 0.1) is 0 Å². The van der Waals surface area contributed by atoms with Gasteiger partial charge in [-0.05, 0) is 31.2 Å². The van der Waals surface area contributed by atoms with Gasteiger partial charge in [0.2, 0.25) is 0 Å². The smallest absolute Gasteiger partial charge is 0.308 e. The second kappa shape index (κ2) is 13.7. The topological polar surface area (TPSA) is 102 Å². The summed E-state index contributed by atoms with van der Waals surface area (Å²) < 4.78 is 39.7. The van der Waals surface area contributed by atoms with E-state index < -0.39 is 24.1 Å². The molecule has 0 spiro atoms. The number of fused-ring (bicyclic) bond motifs is 1. The number of rotatable bonds is 11. The van der Waals surface area contributed by atoms with Gasteiger partial charge in [0.15, 0.2) is 11.5 Å². The summed E-state index contributed by atoms with van der Waals surface area (Å²) in [6.07, 6.45) is -2.47. The van der Waals surface area contributed by atoms with Crippen LogP contribution in [0.1, 0.15) is 36.1 Å². The summed E-state index contributed by atoms with van der Waals surface area (Å²) >= 11 is 6.58. The van der Waals surface area contributed by atoms with Crippen LogP contribution in [0.3, 0.4) is 0 Å². The molecule has 0 radical (unpaired) electrons. The Kier molecular flexibility index (Phi) is 10.0. The molecule has 1 heterocycles. The van der Waals surface area contributed by atoms with Gasteiger partial charge in [-0.25, -0.2) is 0 Å². The highest BCUT2D eigenvalue weighted by molar-refractivity contribution is 6.31. The van der Waals surface area contributed by atoms with Crippen LogP contribution in [0.2, 0.25) is 5.02 Å². The molecule has 0 aliphatic carbocycles. The van der Waals surface area contributed by atoms with Crippen LogP contribution in [0.4, 0.5) is 5.69 Å². The number of para-hydroxylation sites is 1. The maximum atomic E-state index is 14.4. The second-order valence-electron chi connectivity index (χ2n) is 9.24. The number of ether oxygens (including phenoxy) is 7. The van der Waals surface area contributed by atoms with Crippen molar-refractivity contribution in [1.29, 1.82) is 0 Å². The number of benzene rings is 3. The Hall–Kier alpha value is -4.15. The van der Waals surface area contributed by atoms with Crippen molar-refractivity contribution in [3.63, 3.8) is 0 Å². The fourth-order valence-corrected chi connectivity index (χ4v) is 5.21. The minimum absolute atomic E-state index is 0.0572. The number of halogens is 1. The summed E-state index contributed by atoms with van der Waals surface area (Å²) in [6, 6.07) is 14.0. The first-order valence-corrected chi connectivity index (χ1v) is 13.6. The molecule has 1 aliphatic rings. The molecule has 4 rings (SSSR count). The van der Waals surface area contributed by atoms with Gasteiger partial charge in [0.05, 0.1) is 60.8 Å². The predicted octanol–water partition coefficient (Wildman–Crippen LogP) is 5.36. The lowest BCUT2D eigenvalue weighted by Crippen LogP contribution is -2.40. The largest absolute Gasteiger partial charge is 0.497 e. The van der Waals surface area contributed by atoms with Crippen molar-refractivity contribution >= 4 is 29.2 Å². The molecule has 0 saturated heterocycles. The van der Waals surface area contributed by atoms with Crippen molar-refractivity contribution in [1.82, 2.24) is 0 Å². The van der Waals surface area contributed by atoms with Gasteiger partial charge in [-0.3, -0.25) is 9.59 Å². The van der Waals surface area contributed by atoms with E-state index in [0.29, 0.717) is 56.1 Å². The van der Waals surface area contributed by atoms with E-state index in [9.17, 15) is 9.59 Å². The average molecular weight is 600 g/mol. The zero-order valence-electron chi connectivity index (χ0n) is 24.4. The summed E-state index contributed by atoms with van der Waals surface area (Å²) in [7, 11) is 7.63.